The fourth-order valence-corrected chi connectivity index (χ4v) is 2.53. The number of halogens is 1. The number of hydrogen-bond donors (Lipinski definition) is 2. The number of rotatable bonds is 3. The summed E-state index contributed by atoms with van der Waals surface area (Å²) < 4.78 is 5.27. The molecule has 0 aliphatic heterocycles. The molecule has 0 unspecified atom stereocenters. The molecule has 1 heterocycles. The third kappa shape index (κ3) is 2.22. The number of carboxylic acids is 1. The van der Waals surface area contributed by atoms with Crippen molar-refractivity contribution in [2.24, 2.45) is 0 Å². The van der Waals surface area contributed by atoms with Crippen molar-refractivity contribution < 1.29 is 19.1 Å². The van der Waals surface area contributed by atoms with Gasteiger partial charge >= 0.3 is 5.97 Å². The molecule has 1 aliphatic carbocycles. The van der Waals surface area contributed by atoms with Gasteiger partial charge in [0.1, 0.15) is 5.54 Å². The molecule has 92 valence electrons. The van der Waals surface area contributed by atoms with Crippen LogP contribution in [0.25, 0.3) is 0 Å². The fourth-order valence-electron chi connectivity index (χ4n) is 2.11. The van der Waals surface area contributed by atoms with E-state index in [9.17, 15) is 14.7 Å². The van der Waals surface area contributed by atoms with Crippen molar-refractivity contribution in [1.82, 2.24) is 5.32 Å². The molecule has 0 radical (unpaired) electrons. The molecule has 2 N–H and O–H groups in total. The molecule has 1 aromatic rings. The molecule has 1 saturated carbocycles. The van der Waals surface area contributed by atoms with Crippen LogP contribution in [0.15, 0.2) is 21.4 Å². The first kappa shape index (κ1) is 12.2. The van der Waals surface area contributed by atoms with Crippen molar-refractivity contribution in [1.29, 1.82) is 0 Å². The van der Waals surface area contributed by atoms with Gasteiger partial charge < -0.3 is 14.8 Å². The predicted molar refractivity (Wildman–Crippen MR) is 62.7 cm³/mol. The van der Waals surface area contributed by atoms with Gasteiger partial charge in [0.05, 0.1) is 11.8 Å². The third-order valence-corrected chi connectivity index (χ3v) is 3.70. The first-order chi connectivity index (χ1) is 8.05. The fraction of sp³-hybridized carbons (Fsp3) is 0.455. The van der Waals surface area contributed by atoms with E-state index >= 15 is 0 Å². The minimum absolute atomic E-state index is 0.313. The summed E-state index contributed by atoms with van der Waals surface area (Å²) in [5.74, 6) is -1.39. The number of furan rings is 1. The van der Waals surface area contributed by atoms with E-state index in [2.05, 4.69) is 21.2 Å². The van der Waals surface area contributed by atoms with Gasteiger partial charge in [0, 0.05) is 0 Å². The van der Waals surface area contributed by atoms with Crippen LogP contribution in [0, 0.1) is 0 Å². The van der Waals surface area contributed by atoms with E-state index in [0.29, 0.717) is 23.1 Å². The first-order valence-electron chi connectivity index (χ1n) is 5.34. The number of carbonyl (C=O) groups excluding carboxylic acids is 1. The van der Waals surface area contributed by atoms with E-state index in [1.165, 1.54) is 12.3 Å². The van der Waals surface area contributed by atoms with Gasteiger partial charge in [-0.3, -0.25) is 4.79 Å². The van der Waals surface area contributed by atoms with Crippen LogP contribution >= 0.6 is 15.9 Å². The topological polar surface area (TPSA) is 79.5 Å². The lowest BCUT2D eigenvalue weighted by Gasteiger charge is -2.24. The standard InChI is InChI=1S/C11H12BrNO4/c12-8-7(3-6-17-8)9(14)13-11(10(15)16)4-1-2-5-11/h3,6H,1-2,4-5H2,(H,13,14)(H,15,16). The second kappa shape index (κ2) is 4.52. The van der Waals surface area contributed by atoms with Crippen molar-refractivity contribution >= 4 is 27.8 Å². The molecule has 2 rings (SSSR count). The maximum absolute atomic E-state index is 11.9. The monoisotopic (exact) mass is 301 g/mol. The van der Waals surface area contributed by atoms with Crippen molar-refractivity contribution in [2.45, 2.75) is 31.2 Å². The quantitative estimate of drug-likeness (QED) is 0.897. The number of carbonyl (C=O) groups is 2. The maximum Gasteiger partial charge on any atom is 0.329 e. The minimum atomic E-state index is -1.12. The summed E-state index contributed by atoms with van der Waals surface area (Å²) in [5.41, 5.74) is -0.800. The smallest absolute Gasteiger partial charge is 0.329 e. The molecular weight excluding hydrogens is 290 g/mol. The number of carboxylic acid groups (broad SMARTS) is 1. The summed E-state index contributed by atoms with van der Waals surface area (Å²) in [4.78, 5) is 23.2. The van der Waals surface area contributed by atoms with Gasteiger partial charge in [-0.15, -0.1) is 0 Å². The van der Waals surface area contributed by atoms with E-state index in [1.807, 2.05) is 0 Å². The molecule has 1 aliphatic rings. The highest BCUT2D eigenvalue weighted by Crippen LogP contribution is 2.30. The summed E-state index contributed by atoms with van der Waals surface area (Å²) in [6.07, 6.45) is 3.96. The second-order valence-electron chi connectivity index (χ2n) is 4.16. The van der Waals surface area contributed by atoms with E-state index in [1.54, 1.807) is 0 Å². The van der Waals surface area contributed by atoms with Crippen LogP contribution in [0.5, 0.6) is 0 Å². The van der Waals surface area contributed by atoms with Crippen LogP contribution < -0.4 is 5.32 Å². The Labute approximate surface area is 106 Å². The highest BCUT2D eigenvalue weighted by molar-refractivity contribution is 9.10. The van der Waals surface area contributed by atoms with E-state index < -0.39 is 17.4 Å². The van der Waals surface area contributed by atoms with Crippen molar-refractivity contribution in [3.63, 3.8) is 0 Å². The average Bonchev–Trinajstić information content (AvgIpc) is 2.87. The molecule has 0 saturated heterocycles. The van der Waals surface area contributed by atoms with E-state index in [4.69, 9.17) is 4.42 Å². The molecule has 0 atom stereocenters. The van der Waals surface area contributed by atoms with Crippen LogP contribution in [0.3, 0.4) is 0 Å². The van der Waals surface area contributed by atoms with E-state index in [0.717, 1.165) is 12.8 Å². The highest BCUT2D eigenvalue weighted by Gasteiger charge is 2.43. The van der Waals surface area contributed by atoms with Gasteiger partial charge in [0.15, 0.2) is 4.67 Å². The average molecular weight is 302 g/mol. The lowest BCUT2D eigenvalue weighted by molar-refractivity contribution is -0.144. The van der Waals surface area contributed by atoms with Crippen LogP contribution in [-0.4, -0.2) is 22.5 Å². The Kier molecular flexibility index (Phi) is 3.24. The normalized spacial score (nSPS) is 17.9. The zero-order valence-corrected chi connectivity index (χ0v) is 10.6. The van der Waals surface area contributed by atoms with Crippen LogP contribution in [0.4, 0.5) is 0 Å². The van der Waals surface area contributed by atoms with Gasteiger partial charge in [-0.2, -0.15) is 0 Å². The molecule has 17 heavy (non-hydrogen) atoms. The van der Waals surface area contributed by atoms with Gasteiger partial charge in [0.2, 0.25) is 0 Å². The zero-order chi connectivity index (χ0) is 12.5. The van der Waals surface area contributed by atoms with Gasteiger partial charge in [0.25, 0.3) is 5.91 Å². The van der Waals surface area contributed by atoms with Crippen LogP contribution in [-0.2, 0) is 4.79 Å². The Morgan fingerprint density at radius 2 is 2.06 bits per heavy atom. The molecule has 6 heteroatoms. The molecule has 1 amide bonds. The molecule has 1 aromatic heterocycles. The SMILES string of the molecule is O=C(NC1(C(=O)O)CCCC1)c1ccoc1Br. The van der Waals surface area contributed by atoms with Crippen LogP contribution in [0.1, 0.15) is 36.0 Å². The maximum atomic E-state index is 11.9. The molecule has 0 spiro atoms. The summed E-state index contributed by atoms with van der Waals surface area (Å²) in [6, 6.07) is 1.50. The second-order valence-corrected chi connectivity index (χ2v) is 4.88. The first-order valence-corrected chi connectivity index (χ1v) is 6.13. The van der Waals surface area contributed by atoms with E-state index in [-0.39, 0.29) is 0 Å². The highest BCUT2D eigenvalue weighted by atomic mass is 79.9. The Morgan fingerprint density at radius 1 is 1.41 bits per heavy atom. The number of amides is 1. The molecule has 0 bridgehead atoms. The molecule has 1 fully saturated rings. The summed E-state index contributed by atoms with van der Waals surface area (Å²) >= 11 is 3.10. The lowest BCUT2D eigenvalue weighted by Crippen LogP contribution is -2.52. The Morgan fingerprint density at radius 3 is 2.53 bits per heavy atom. The van der Waals surface area contributed by atoms with Gasteiger partial charge in [-0.05, 0) is 34.8 Å². The number of hydrogen-bond acceptors (Lipinski definition) is 3. The summed E-state index contributed by atoms with van der Waals surface area (Å²) in [7, 11) is 0. The largest absolute Gasteiger partial charge is 0.480 e. The molecule has 0 aromatic carbocycles. The lowest BCUT2D eigenvalue weighted by atomic mass is 9.97. The summed E-state index contributed by atoms with van der Waals surface area (Å²) in [5, 5.41) is 11.8. The molecular formula is C11H12BrNO4. The number of aliphatic carboxylic acids is 1. The Bertz CT molecular complexity index is 448. The van der Waals surface area contributed by atoms with Crippen molar-refractivity contribution in [3.05, 3.63) is 22.6 Å². The summed E-state index contributed by atoms with van der Waals surface area (Å²) in [6.45, 7) is 0. The zero-order valence-electron chi connectivity index (χ0n) is 9.03. The van der Waals surface area contributed by atoms with Gasteiger partial charge in [-0.1, -0.05) is 12.8 Å². The number of nitrogens with one attached hydrogen (secondary N) is 1. The van der Waals surface area contributed by atoms with Crippen molar-refractivity contribution in [3.8, 4) is 0 Å². The van der Waals surface area contributed by atoms with Crippen molar-refractivity contribution in [2.75, 3.05) is 0 Å². The Hall–Kier alpha value is -1.30. The minimum Gasteiger partial charge on any atom is -0.480 e. The van der Waals surface area contributed by atoms with Gasteiger partial charge in [-0.25, -0.2) is 4.79 Å². The third-order valence-electron chi connectivity index (χ3n) is 3.08. The molecule has 5 nitrogen and oxygen atoms in total. The van der Waals surface area contributed by atoms with Crippen LogP contribution in [0.2, 0.25) is 0 Å². The predicted octanol–water partition coefficient (Wildman–Crippen LogP) is 2.17. The Balaban J connectivity index is 2.17.